The van der Waals surface area contributed by atoms with E-state index in [4.69, 9.17) is 14.2 Å². The van der Waals surface area contributed by atoms with Gasteiger partial charge in [0.05, 0.1) is 20.3 Å². The summed E-state index contributed by atoms with van der Waals surface area (Å²) < 4.78 is 14.6. The highest BCUT2D eigenvalue weighted by Crippen LogP contribution is 2.12. The highest BCUT2D eigenvalue weighted by atomic mass is 16.6. The average molecular weight is 337 g/mol. The maximum atomic E-state index is 12.0. The fourth-order valence-electron chi connectivity index (χ4n) is 1.95. The van der Waals surface area contributed by atoms with Crippen molar-refractivity contribution < 1.29 is 28.6 Å². The summed E-state index contributed by atoms with van der Waals surface area (Å²) in [6, 6.07) is 5.86. The summed E-state index contributed by atoms with van der Waals surface area (Å²) in [5.74, 6) is -1.35. The van der Waals surface area contributed by atoms with Crippen molar-refractivity contribution in [3.8, 4) is 5.75 Å². The van der Waals surface area contributed by atoms with Crippen LogP contribution in [0.1, 0.15) is 25.8 Å². The third-order valence-corrected chi connectivity index (χ3v) is 3.15. The van der Waals surface area contributed by atoms with Gasteiger partial charge < -0.3 is 19.5 Å². The van der Waals surface area contributed by atoms with Crippen LogP contribution in [0.3, 0.4) is 0 Å². The molecule has 1 aromatic rings. The summed E-state index contributed by atoms with van der Waals surface area (Å²) in [6.45, 7) is 3.45. The molecule has 1 aromatic carbocycles. The highest BCUT2D eigenvalue weighted by Gasteiger charge is 2.30. The summed E-state index contributed by atoms with van der Waals surface area (Å²) in [4.78, 5) is 35.6. The molecule has 0 aliphatic carbocycles. The van der Waals surface area contributed by atoms with Gasteiger partial charge in [0.1, 0.15) is 5.75 Å². The quantitative estimate of drug-likeness (QED) is 0.538. The Morgan fingerprint density at radius 3 is 2.00 bits per heavy atom. The van der Waals surface area contributed by atoms with E-state index >= 15 is 0 Å². The first-order valence-electron chi connectivity index (χ1n) is 7.77. The zero-order valence-corrected chi connectivity index (χ0v) is 14.2. The Kier molecular flexibility index (Phi) is 8.32. The number of hydrogen-bond donors (Lipinski definition) is 1. The van der Waals surface area contributed by atoms with Crippen LogP contribution in [0.2, 0.25) is 0 Å². The first-order valence-corrected chi connectivity index (χ1v) is 7.77. The van der Waals surface area contributed by atoms with Crippen LogP contribution in [-0.4, -0.2) is 44.2 Å². The average Bonchev–Trinajstić information content (AvgIpc) is 2.58. The lowest BCUT2D eigenvalue weighted by atomic mass is 10.1. The van der Waals surface area contributed by atoms with E-state index in [1.54, 1.807) is 33.1 Å². The van der Waals surface area contributed by atoms with Gasteiger partial charge in [-0.25, -0.2) is 9.59 Å². The Hall–Kier alpha value is -2.57. The van der Waals surface area contributed by atoms with Crippen LogP contribution in [0, 0.1) is 0 Å². The Bertz CT molecular complexity index is 537. The van der Waals surface area contributed by atoms with Gasteiger partial charge in [-0.1, -0.05) is 12.1 Å². The Balaban J connectivity index is 2.59. The number of methoxy groups -OCH3 is 1. The number of benzene rings is 1. The molecule has 0 aromatic heterocycles. The van der Waals surface area contributed by atoms with Gasteiger partial charge in [-0.3, -0.25) is 4.79 Å². The molecular weight excluding hydrogens is 314 g/mol. The summed E-state index contributed by atoms with van der Waals surface area (Å²) in [5, 5.41) is 2.37. The molecule has 0 saturated heterocycles. The molecule has 0 radical (unpaired) electrons. The number of nitrogens with one attached hydrogen (secondary N) is 1. The van der Waals surface area contributed by atoms with Gasteiger partial charge in [-0.05, 0) is 38.0 Å². The molecule has 0 spiro atoms. The molecule has 0 aliphatic heterocycles. The van der Waals surface area contributed by atoms with Crippen molar-refractivity contribution in [2.75, 3.05) is 20.3 Å². The third kappa shape index (κ3) is 6.28. The van der Waals surface area contributed by atoms with Gasteiger partial charge in [0, 0.05) is 6.42 Å². The van der Waals surface area contributed by atoms with Crippen LogP contribution in [0.15, 0.2) is 24.3 Å². The molecule has 0 bridgehead atoms. The molecule has 0 heterocycles. The minimum Gasteiger partial charge on any atom is -0.497 e. The van der Waals surface area contributed by atoms with Crippen molar-refractivity contribution in [2.45, 2.75) is 32.7 Å². The van der Waals surface area contributed by atoms with Crippen molar-refractivity contribution in [3.63, 3.8) is 0 Å². The molecule has 0 atom stereocenters. The number of carbonyl (C=O) groups excluding carboxylic acids is 3. The zero-order chi connectivity index (χ0) is 17.9. The van der Waals surface area contributed by atoms with Gasteiger partial charge in [0.15, 0.2) is 0 Å². The lowest BCUT2D eigenvalue weighted by molar-refractivity contribution is -0.159. The Morgan fingerprint density at radius 1 is 1.00 bits per heavy atom. The van der Waals surface area contributed by atoms with Crippen molar-refractivity contribution in [1.29, 1.82) is 0 Å². The standard InChI is InChI=1S/C17H23NO6/c1-4-23-16(20)15(17(21)24-5-2)18-14(19)11-8-12-6-9-13(22-3)10-7-12/h6-7,9-10,15H,4-5,8,11H2,1-3H3,(H,18,19). The molecule has 0 fully saturated rings. The minimum absolute atomic E-state index is 0.108. The van der Waals surface area contributed by atoms with E-state index < -0.39 is 23.9 Å². The molecule has 7 heteroatoms. The van der Waals surface area contributed by atoms with E-state index in [1.165, 1.54) is 0 Å². The van der Waals surface area contributed by atoms with Crippen molar-refractivity contribution in [3.05, 3.63) is 29.8 Å². The second kappa shape index (κ2) is 10.3. The van der Waals surface area contributed by atoms with E-state index in [1.807, 2.05) is 12.1 Å². The first-order chi connectivity index (χ1) is 11.5. The number of ether oxygens (including phenoxy) is 3. The number of amides is 1. The monoisotopic (exact) mass is 337 g/mol. The van der Waals surface area contributed by atoms with Crippen molar-refractivity contribution >= 4 is 17.8 Å². The fourth-order valence-corrected chi connectivity index (χ4v) is 1.95. The summed E-state index contributed by atoms with van der Waals surface area (Å²) >= 11 is 0. The zero-order valence-electron chi connectivity index (χ0n) is 14.2. The third-order valence-electron chi connectivity index (χ3n) is 3.15. The Labute approximate surface area is 141 Å². The van der Waals surface area contributed by atoms with Crippen molar-refractivity contribution in [1.82, 2.24) is 5.32 Å². The second-order valence-corrected chi connectivity index (χ2v) is 4.85. The number of hydrogen-bond acceptors (Lipinski definition) is 6. The van der Waals surface area contributed by atoms with Gasteiger partial charge in [-0.15, -0.1) is 0 Å². The lowest BCUT2D eigenvalue weighted by Crippen LogP contribution is -2.48. The van der Waals surface area contributed by atoms with E-state index in [-0.39, 0.29) is 19.6 Å². The van der Waals surface area contributed by atoms with Crippen LogP contribution in [0.25, 0.3) is 0 Å². The summed E-state index contributed by atoms with van der Waals surface area (Å²) in [6.07, 6.45) is 0.593. The number of aryl methyl sites for hydroxylation is 1. The Morgan fingerprint density at radius 2 is 1.54 bits per heavy atom. The van der Waals surface area contributed by atoms with E-state index in [9.17, 15) is 14.4 Å². The van der Waals surface area contributed by atoms with Crippen molar-refractivity contribution in [2.24, 2.45) is 0 Å². The lowest BCUT2D eigenvalue weighted by Gasteiger charge is -2.15. The molecule has 24 heavy (non-hydrogen) atoms. The van der Waals surface area contributed by atoms with Crippen LogP contribution in [-0.2, 0) is 30.3 Å². The van der Waals surface area contributed by atoms with Gasteiger partial charge in [0.25, 0.3) is 0 Å². The van der Waals surface area contributed by atoms with Gasteiger partial charge in [-0.2, -0.15) is 0 Å². The largest absolute Gasteiger partial charge is 0.497 e. The smallest absolute Gasteiger partial charge is 0.340 e. The first kappa shape index (κ1) is 19.5. The molecule has 0 unspecified atom stereocenters. The maximum absolute atomic E-state index is 12.0. The van der Waals surface area contributed by atoms with Crippen LogP contribution < -0.4 is 10.1 Å². The SMILES string of the molecule is CCOC(=O)C(NC(=O)CCc1ccc(OC)cc1)C(=O)OCC. The van der Waals surface area contributed by atoms with Crippen LogP contribution in [0.4, 0.5) is 0 Å². The molecular formula is C17H23NO6. The highest BCUT2D eigenvalue weighted by molar-refractivity contribution is 6.02. The van der Waals surface area contributed by atoms with Crippen LogP contribution >= 0.6 is 0 Å². The van der Waals surface area contributed by atoms with Crippen LogP contribution in [0.5, 0.6) is 5.75 Å². The number of esters is 2. The number of rotatable bonds is 9. The van der Waals surface area contributed by atoms with Gasteiger partial charge in [0.2, 0.25) is 11.9 Å². The summed E-state index contributed by atoms with van der Waals surface area (Å²) in [5.41, 5.74) is 0.940. The fraction of sp³-hybridized carbons (Fsp3) is 0.471. The molecule has 1 amide bonds. The predicted octanol–water partition coefficient (Wildman–Crippen LogP) is 1.24. The van der Waals surface area contributed by atoms with E-state index in [0.717, 1.165) is 11.3 Å². The summed E-state index contributed by atoms with van der Waals surface area (Å²) in [7, 11) is 1.58. The molecule has 0 saturated carbocycles. The van der Waals surface area contributed by atoms with E-state index in [2.05, 4.69) is 5.32 Å². The molecule has 7 nitrogen and oxygen atoms in total. The predicted molar refractivity (Wildman–Crippen MR) is 86.5 cm³/mol. The van der Waals surface area contributed by atoms with Gasteiger partial charge >= 0.3 is 11.9 Å². The number of carbonyl (C=O) groups is 3. The minimum atomic E-state index is -1.44. The molecule has 1 rings (SSSR count). The molecule has 0 aliphatic rings. The molecule has 1 N–H and O–H groups in total. The molecule has 132 valence electrons. The topological polar surface area (TPSA) is 90.9 Å². The van der Waals surface area contributed by atoms with E-state index in [0.29, 0.717) is 6.42 Å². The second-order valence-electron chi connectivity index (χ2n) is 4.85. The normalized spacial score (nSPS) is 10.2. The maximum Gasteiger partial charge on any atom is 0.340 e.